The van der Waals surface area contributed by atoms with Gasteiger partial charge in [0.2, 0.25) is 0 Å². The van der Waals surface area contributed by atoms with Crippen LogP contribution in [0.3, 0.4) is 0 Å². The van der Waals surface area contributed by atoms with Crippen molar-refractivity contribution in [2.45, 2.75) is 70.8 Å². The summed E-state index contributed by atoms with van der Waals surface area (Å²) in [6.07, 6.45) is 3.74. The Hall–Kier alpha value is -2.55. The molecule has 0 aromatic carbocycles. The van der Waals surface area contributed by atoms with Crippen molar-refractivity contribution in [1.29, 1.82) is 5.26 Å². The van der Waals surface area contributed by atoms with E-state index in [1.165, 1.54) is 6.33 Å². The Morgan fingerprint density at radius 2 is 1.85 bits per heavy atom. The second-order valence-corrected chi connectivity index (χ2v) is 14.3. The molecule has 2 saturated heterocycles. The van der Waals surface area contributed by atoms with Gasteiger partial charge in [-0.15, -0.1) is 10.3 Å². The van der Waals surface area contributed by atoms with Crippen molar-refractivity contribution in [3.05, 3.63) is 18.1 Å². The Kier molecular flexibility index (Phi) is 7.36. The smallest absolute Gasteiger partial charge is 0.424 e. The monoisotopic (exact) mass is 493 g/mol. The van der Waals surface area contributed by atoms with Crippen LogP contribution in [0.25, 0.3) is 11.0 Å². The number of anilines is 1. The van der Waals surface area contributed by atoms with E-state index in [2.05, 4.69) is 70.1 Å². The summed E-state index contributed by atoms with van der Waals surface area (Å²) < 4.78 is 24.8. The van der Waals surface area contributed by atoms with E-state index < -0.39 is 41.0 Å². The van der Waals surface area contributed by atoms with Gasteiger partial charge in [-0.1, -0.05) is 41.5 Å². The van der Waals surface area contributed by atoms with Crippen LogP contribution in [0, 0.1) is 17.2 Å². The Labute approximate surface area is 202 Å². The fourth-order valence-corrected chi connectivity index (χ4v) is 4.21. The molecule has 4 rings (SSSR count). The second-order valence-electron chi connectivity index (χ2n) is 10.4. The number of carbonyl (C=O) groups excluding carboxylic acids is 1. The lowest BCUT2D eigenvalue weighted by Crippen LogP contribution is -2.34. The minimum atomic E-state index is -1.40. The molecule has 188 valence electrons. The first kappa shape index (κ1) is 26.1. The summed E-state index contributed by atoms with van der Waals surface area (Å²) in [4.78, 5) is 20.1. The quantitative estimate of drug-likeness (QED) is 0.623. The number of hydrogen-bond acceptors (Lipinski definition) is 9. The lowest BCUT2D eigenvalue weighted by atomic mass is 10.1. The molecule has 4 atom stereocenters. The zero-order chi connectivity index (χ0) is 25.4. The lowest BCUT2D eigenvalue weighted by molar-refractivity contribution is -0.0658. The van der Waals surface area contributed by atoms with Gasteiger partial charge in [-0.25, -0.2) is 14.8 Å². The Bertz CT molecular complexity index is 1090. The maximum Gasteiger partial charge on any atom is 0.509 e. The zero-order valence-corrected chi connectivity index (χ0v) is 21.9. The normalized spacial score (nSPS) is 24.8. The van der Waals surface area contributed by atoms with Crippen molar-refractivity contribution in [2.75, 3.05) is 24.9 Å². The first-order chi connectivity index (χ1) is 15.8. The van der Waals surface area contributed by atoms with Gasteiger partial charge < -0.3 is 28.7 Å². The van der Waals surface area contributed by atoms with Crippen LogP contribution in [0.1, 0.15) is 53.3 Å². The molecule has 0 aliphatic carbocycles. The first-order valence-electron chi connectivity index (χ1n) is 11.2. The van der Waals surface area contributed by atoms with Gasteiger partial charge in [0, 0.05) is 10.9 Å². The Morgan fingerprint density at radius 1 is 1.24 bits per heavy atom. The highest BCUT2D eigenvalue weighted by molar-refractivity contribution is 8.29. The van der Waals surface area contributed by atoms with E-state index in [0.29, 0.717) is 16.6 Å². The fourth-order valence-electron chi connectivity index (χ4n) is 3.39. The predicted octanol–water partition coefficient (Wildman–Crippen LogP) is 4.14. The number of nitrogen functional groups attached to an aromatic ring is 1. The molecule has 0 bridgehead atoms. The van der Waals surface area contributed by atoms with Crippen molar-refractivity contribution in [3.8, 4) is 6.07 Å². The number of hydrogen-bond donors (Lipinski definition) is 1. The van der Waals surface area contributed by atoms with Crippen LogP contribution in [-0.4, -0.2) is 62.9 Å². The molecule has 2 unspecified atom stereocenters. The van der Waals surface area contributed by atoms with Gasteiger partial charge in [0.15, 0.2) is 18.4 Å². The molecule has 2 aliphatic rings. The van der Waals surface area contributed by atoms with Crippen LogP contribution in [0.2, 0.25) is 0 Å². The van der Waals surface area contributed by atoms with Crippen LogP contribution in [-0.2, 0) is 18.4 Å². The third-order valence-electron chi connectivity index (χ3n) is 5.79. The summed E-state index contributed by atoms with van der Waals surface area (Å²) in [5.41, 5.74) is 6.69. The van der Waals surface area contributed by atoms with Crippen molar-refractivity contribution in [3.63, 3.8) is 0 Å². The number of nitriles is 1. The molecule has 2 aromatic heterocycles. The maximum atomic E-state index is 11.9. The van der Waals surface area contributed by atoms with E-state index in [1.807, 2.05) is 0 Å². The average molecular weight is 494 g/mol. The van der Waals surface area contributed by atoms with Gasteiger partial charge in [0.25, 0.3) is 0 Å². The minimum absolute atomic E-state index is 0.0277. The van der Waals surface area contributed by atoms with E-state index >= 15 is 0 Å². The number of carbonyl (C=O) groups is 1. The van der Waals surface area contributed by atoms with E-state index in [-0.39, 0.29) is 17.2 Å². The molecule has 0 amide bonds. The van der Waals surface area contributed by atoms with Crippen molar-refractivity contribution < 1.29 is 23.2 Å². The number of aromatic nitrogens is 3. The Morgan fingerprint density at radius 3 is 2.44 bits per heavy atom. The molecule has 11 heteroatoms. The summed E-state index contributed by atoms with van der Waals surface area (Å²) in [6.45, 7) is 13.1. The van der Waals surface area contributed by atoms with E-state index in [4.69, 9.17) is 24.1 Å². The standard InChI is InChI=1S/C19H25N5O5S.C4H10/c1-19(2,3)30(4,5)26-8-11-13-14(29-18(25)28-13)17(27-11)24-7-10(6-20)12-15(21)22-9-23-16(12)24;1-4(2)3/h7,9,11,13-14,17H,8H2,1-5H3,(H2,21,22,23);4H,1-3H3/t11?,13-,14-,17?;/m1./s1. The van der Waals surface area contributed by atoms with Gasteiger partial charge >= 0.3 is 6.16 Å². The zero-order valence-electron chi connectivity index (χ0n) is 21.1. The molecule has 10 nitrogen and oxygen atoms in total. The molecule has 2 aliphatic heterocycles. The highest BCUT2D eigenvalue weighted by Gasteiger charge is 2.55. The summed E-state index contributed by atoms with van der Waals surface area (Å²) >= 11 is 0. The fraction of sp³-hybridized carbons (Fsp3) is 0.652. The molecular weight excluding hydrogens is 458 g/mol. The topological polar surface area (TPSA) is 135 Å². The predicted molar refractivity (Wildman–Crippen MR) is 131 cm³/mol. The van der Waals surface area contributed by atoms with E-state index in [1.54, 1.807) is 10.8 Å². The van der Waals surface area contributed by atoms with Crippen LogP contribution < -0.4 is 5.73 Å². The Balaban J connectivity index is 0.000000751. The number of rotatable bonds is 4. The molecule has 0 saturated carbocycles. The van der Waals surface area contributed by atoms with Gasteiger partial charge in [0.1, 0.15) is 30.0 Å². The molecule has 4 heterocycles. The highest BCUT2D eigenvalue weighted by Crippen LogP contribution is 2.54. The third kappa shape index (κ3) is 5.09. The summed E-state index contributed by atoms with van der Waals surface area (Å²) in [7, 11) is -1.40. The van der Waals surface area contributed by atoms with Crippen LogP contribution >= 0.6 is 10.3 Å². The summed E-state index contributed by atoms with van der Waals surface area (Å²) in [6, 6.07) is 2.10. The lowest BCUT2D eigenvalue weighted by Gasteiger charge is -2.44. The first-order valence-corrected chi connectivity index (χ1v) is 13.6. The molecule has 2 fully saturated rings. The molecule has 2 N–H and O–H groups in total. The number of fused-ring (bicyclic) bond motifs is 2. The third-order valence-corrected chi connectivity index (χ3v) is 9.46. The van der Waals surface area contributed by atoms with Crippen molar-refractivity contribution in [1.82, 2.24) is 14.5 Å². The molecule has 34 heavy (non-hydrogen) atoms. The van der Waals surface area contributed by atoms with Crippen molar-refractivity contribution >= 4 is 33.3 Å². The molecular formula is C23H35N5O5S. The van der Waals surface area contributed by atoms with Crippen LogP contribution in [0.15, 0.2) is 12.5 Å². The minimum Gasteiger partial charge on any atom is -0.424 e. The number of nitrogens with zero attached hydrogens (tertiary/aromatic N) is 4. The van der Waals surface area contributed by atoms with E-state index in [0.717, 1.165) is 5.92 Å². The molecule has 0 radical (unpaired) electrons. The van der Waals surface area contributed by atoms with Gasteiger partial charge in [-0.05, 0) is 18.4 Å². The van der Waals surface area contributed by atoms with E-state index in [9.17, 15) is 10.1 Å². The van der Waals surface area contributed by atoms with Gasteiger partial charge in [-0.2, -0.15) is 5.26 Å². The van der Waals surface area contributed by atoms with Crippen LogP contribution in [0.5, 0.6) is 0 Å². The summed E-state index contributed by atoms with van der Waals surface area (Å²) in [5.74, 6) is 1.03. The van der Waals surface area contributed by atoms with Crippen molar-refractivity contribution in [2.24, 2.45) is 5.92 Å². The SMILES string of the molecule is CC(C)(C)S(C)(C)OCC1OC(n2cc(C#N)c3c(N)ncnc32)[C@@H]2OC(=O)O[C@H]12.CC(C)C. The largest absolute Gasteiger partial charge is 0.509 e. The second kappa shape index (κ2) is 9.60. The summed E-state index contributed by atoms with van der Waals surface area (Å²) in [5, 5.41) is 9.94. The number of nitrogens with two attached hydrogens (primary N) is 1. The van der Waals surface area contributed by atoms with Crippen LogP contribution in [0.4, 0.5) is 10.6 Å². The highest BCUT2D eigenvalue weighted by atomic mass is 32.3. The number of ether oxygens (including phenoxy) is 3. The molecule has 0 spiro atoms. The average Bonchev–Trinajstić information content (AvgIpc) is 3.37. The van der Waals surface area contributed by atoms with Gasteiger partial charge in [0.05, 0.1) is 17.6 Å². The van der Waals surface area contributed by atoms with Gasteiger partial charge in [-0.3, -0.25) is 0 Å². The maximum absolute atomic E-state index is 11.9. The molecule has 2 aromatic rings.